The normalized spacial score (nSPS) is 28.1. The molecule has 1 spiro atoms. The van der Waals surface area contributed by atoms with Crippen LogP contribution in [0.4, 0.5) is 4.79 Å². The predicted molar refractivity (Wildman–Crippen MR) is 97.9 cm³/mol. The molecule has 3 heterocycles. The number of nitrogens with one attached hydrogen (secondary N) is 1. The third-order valence-electron chi connectivity index (χ3n) is 5.30. The molecule has 2 fully saturated rings. The van der Waals surface area contributed by atoms with Crippen LogP contribution in [0.3, 0.4) is 0 Å². The number of hydrogen-bond donors (Lipinski definition) is 1. The van der Waals surface area contributed by atoms with Crippen LogP contribution in [0.5, 0.6) is 0 Å². The number of fused-ring (bicyclic) bond motifs is 1. The number of thiazole rings is 1. The van der Waals surface area contributed by atoms with Crippen LogP contribution >= 0.6 is 11.3 Å². The maximum absolute atomic E-state index is 13.2. The van der Waals surface area contributed by atoms with Gasteiger partial charge in [-0.25, -0.2) is 9.78 Å². The van der Waals surface area contributed by atoms with Crippen LogP contribution in [0.1, 0.15) is 45.7 Å². The van der Waals surface area contributed by atoms with E-state index in [0.717, 1.165) is 6.42 Å². The predicted octanol–water partition coefficient (Wildman–Crippen LogP) is 2.39. The zero-order valence-electron chi connectivity index (χ0n) is 15.1. The van der Waals surface area contributed by atoms with Crippen LogP contribution in [0.15, 0.2) is 22.4 Å². The molecule has 1 aliphatic carbocycles. The molecule has 1 N–H and O–H groups in total. The second-order valence-corrected chi connectivity index (χ2v) is 9.27. The van der Waals surface area contributed by atoms with Crippen molar-refractivity contribution >= 4 is 28.2 Å². The largest absolute Gasteiger partial charge is 0.325 e. The van der Waals surface area contributed by atoms with E-state index in [2.05, 4.69) is 31.1 Å². The summed E-state index contributed by atoms with van der Waals surface area (Å²) in [4.78, 5) is 44.1. The molecule has 2 unspecified atom stereocenters. The highest BCUT2D eigenvalue weighted by Gasteiger charge is 2.56. The molecular weight excluding hydrogens is 352 g/mol. The molecule has 4 rings (SSSR count). The Balaban J connectivity index is 1.64. The molecule has 0 radical (unpaired) electrons. The standard InChI is InChI=1S/C18H22N4O3S/c1-11-7-17(2,3)10-18(8-11)14(24)22(15(25)20-18)9-12-6-13(23)21-4-5-26-16(21)19-12/h4-6,11H,7-10H2,1-3H3,(H,20,25). The Morgan fingerprint density at radius 3 is 2.81 bits per heavy atom. The fraction of sp³-hybridized carbons (Fsp3) is 0.556. The van der Waals surface area contributed by atoms with Gasteiger partial charge in [-0.1, -0.05) is 20.8 Å². The lowest BCUT2D eigenvalue weighted by Gasteiger charge is -2.43. The Hall–Kier alpha value is -2.22. The van der Waals surface area contributed by atoms with Gasteiger partial charge in [-0.3, -0.25) is 18.9 Å². The average Bonchev–Trinajstić information content (AvgIpc) is 3.05. The number of carbonyl (C=O) groups is 2. The Morgan fingerprint density at radius 1 is 1.31 bits per heavy atom. The maximum atomic E-state index is 13.2. The van der Waals surface area contributed by atoms with Gasteiger partial charge in [0, 0.05) is 17.6 Å². The van der Waals surface area contributed by atoms with Crippen LogP contribution in [0, 0.1) is 11.3 Å². The third-order valence-corrected chi connectivity index (χ3v) is 6.06. The van der Waals surface area contributed by atoms with Gasteiger partial charge in [-0.05, 0) is 30.6 Å². The lowest BCUT2D eigenvalue weighted by molar-refractivity contribution is -0.135. The molecule has 26 heavy (non-hydrogen) atoms. The van der Waals surface area contributed by atoms with Gasteiger partial charge in [-0.2, -0.15) is 0 Å². The quantitative estimate of drug-likeness (QED) is 0.818. The number of carbonyl (C=O) groups excluding carboxylic acids is 2. The Kier molecular flexibility index (Phi) is 3.73. The van der Waals surface area contributed by atoms with Crippen molar-refractivity contribution in [1.29, 1.82) is 0 Å². The van der Waals surface area contributed by atoms with E-state index in [1.807, 2.05) is 0 Å². The van der Waals surface area contributed by atoms with Gasteiger partial charge in [0.2, 0.25) is 0 Å². The first-order chi connectivity index (χ1) is 12.2. The summed E-state index contributed by atoms with van der Waals surface area (Å²) in [6.45, 7) is 6.42. The number of imide groups is 1. The summed E-state index contributed by atoms with van der Waals surface area (Å²) in [5.41, 5.74) is -0.620. The monoisotopic (exact) mass is 374 g/mol. The van der Waals surface area contributed by atoms with Gasteiger partial charge >= 0.3 is 6.03 Å². The number of urea groups is 1. The third kappa shape index (κ3) is 2.72. The van der Waals surface area contributed by atoms with Gasteiger partial charge in [0.15, 0.2) is 4.96 Å². The van der Waals surface area contributed by atoms with Crippen LogP contribution in [0.2, 0.25) is 0 Å². The molecule has 138 valence electrons. The minimum atomic E-state index is -0.833. The van der Waals surface area contributed by atoms with E-state index in [1.54, 1.807) is 11.6 Å². The van der Waals surface area contributed by atoms with Gasteiger partial charge in [0.05, 0.1) is 12.2 Å². The van der Waals surface area contributed by atoms with Gasteiger partial charge in [-0.15, -0.1) is 11.3 Å². The van der Waals surface area contributed by atoms with Gasteiger partial charge < -0.3 is 5.32 Å². The number of amides is 3. The van der Waals surface area contributed by atoms with Crippen molar-refractivity contribution in [3.05, 3.63) is 33.7 Å². The molecule has 2 aromatic rings. The van der Waals surface area contributed by atoms with Crippen molar-refractivity contribution in [2.75, 3.05) is 0 Å². The fourth-order valence-corrected chi connectivity index (χ4v) is 5.52. The average molecular weight is 374 g/mol. The topological polar surface area (TPSA) is 83.8 Å². The number of nitrogens with zero attached hydrogens (tertiary/aromatic N) is 3. The fourth-order valence-electron chi connectivity index (χ4n) is 4.78. The van der Waals surface area contributed by atoms with Gasteiger partial charge in [0.1, 0.15) is 5.54 Å². The molecule has 2 atom stereocenters. The molecule has 0 bridgehead atoms. The zero-order valence-corrected chi connectivity index (χ0v) is 15.9. The van der Waals surface area contributed by atoms with Crippen LogP contribution < -0.4 is 10.9 Å². The summed E-state index contributed by atoms with van der Waals surface area (Å²) in [6.07, 6.45) is 3.97. The van der Waals surface area contributed by atoms with E-state index in [-0.39, 0.29) is 23.4 Å². The summed E-state index contributed by atoms with van der Waals surface area (Å²) < 4.78 is 1.45. The van der Waals surface area contributed by atoms with Crippen LogP contribution in [-0.4, -0.2) is 31.8 Å². The molecule has 2 aliphatic rings. The van der Waals surface area contributed by atoms with Crippen molar-refractivity contribution in [2.45, 2.75) is 52.1 Å². The van der Waals surface area contributed by atoms with E-state index in [1.165, 1.54) is 26.7 Å². The SMILES string of the molecule is CC1CC(C)(C)CC2(C1)NC(=O)N(Cc1cc(=O)n3ccsc3n1)C2=O. The minimum Gasteiger partial charge on any atom is -0.323 e. The summed E-state index contributed by atoms with van der Waals surface area (Å²) in [5, 5.41) is 4.73. The van der Waals surface area contributed by atoms with E-state index in [0.29, 0.717) is 29.4 Å². The lowest BCUT2D eigenvalue weighted by Crippen LogP contribution is -2.54. The van der Waals surface area contributed by atoms with E-state index >= 15 is 0 Å². The molecule has 1 saturated heterocycles. The molecule has 8 heteroatoms. The number of rotatable bonds is 2. The Bertz CT molecular complexity index is 963. The smallest absolute Gasteiger partial charge is 0.323 e. The highest BCUT2D eigenvalue weighted by molar-refractivity contribution is 7.15. The lowest BCUT2D eigenvalue weighted by atomic mass is 9.64. The van der Waals surface area contributed by atoms with Crippen molar-refractivity contribution in [3.63, 3.8) is 0 Å². The second-order valence-electron chi connectivity index (χ2n) is 8.40. The minimum absolute atomic E-state index is 0.0103. The van der Waals surface area contributed by atoms with Crippen LogP contribution in [-0.2, 0) is 11.3 Å². The second kappa shape index (κ2) is 5.64. The summed E-state index contributed by atoms with van der Waals surface area (Å²) in [7, 11) is 0. The first kappa shape index (κ1) is 17.2. The molecule has 7 nitrogen and oxygen atoms in total. The maximum Gasteiger partial charge on any atom is 0.325 e. The zero-order chi connectivity index (χ0) is 18.7. The molecule has 0 aromatic carbocycles. The molecular formula is C18H22N4O3S. The number of aromatic nitrogens is 2. The van der Waals surface area contributed by atoms with Crippen LogP contribution in [0.25, 0.3) is 4.96 Å². The Morgan fingerprint density at radius 2 is 2.08 bits per heavy atom. The van der Waals surface area contributed by atoms with Crippen molar-refractivity contribution in [2.24, 2.45) is 11.3 Å². The summed E-state index contributed by atoms with van der Waals surface area (Å²) >= 11 is 1.34. The first-order valence-electron chi connectivity index (χ1n) is 8.79. The summed E-state index contributed by atoms with van der Waals surface area (Å²) in [5.74, 6) is 0.156. The van der Waals surface area contributed by atoms with Crippen molar-refractivity contribution in [1.82, 2.24) is 19.6 Å². The molecule has 1 aliphatic heterocycles. The van der Waals surface area contributed by atoms with E-state index < -0.39 is 11.6 Å². The van der Waals surface area contributed by atoms with Crippen molar-refractivity contribution in [3.8, 4) is 0 Å². The molecule has 2 aromatic heterocycles. The number of hydrogen-bond acceptors (Lipinski definition) is 5. The highest BCUT2D eigenvalue weighted by Crippen LogP contribution is 2.46. The Labute approximate surface area is 155 Å². The summed E-state index contributed by atoms with van der Waals surface area (Å²) in [6, 6.07) is 0.992. The van der Waals surface area contributed by atoms with Crippen molar-refractivity contribution < 1.29 is 9.59 Å². The molecule has 3 amide bonds. The highest BCUT2D eigenvalue weighted by atomic mass is 32.1. The van der Waals surface area contributed by atoms with Gasteiger partial charge in [0.25, 0.3) is 11.5 Å². The van der Waals surface area contributed by atoms with E-state index in [9.17, 15) is 14.4 Å². The molecule has 1 saturated carbocycles. The first-order valence-corrected chi connectivity index (χ1v) is 9.67. The van der Waals surface area contributed by atoms with E-state index in [4.69, 9.17) is 0 Å².